The van der Waals surface area contributed by atoms with Crippen molar-refractivity contribution in [2.75, 3.05) is 85.5 Å². The lowest BCUT2D eigenvalue weighted by Crippen LogP contribution is -2.51. The summed E-state index contributed by atoms with van der Waals surface area (Å²) in [6.07, 6.45) is 20.4. The maximum absolute atomic E-state index is 5.85. The SMILES string of the molecule is CCCCCCC(CCCC)CNCCOCCOCCOCCN1CCN(C(CCCC)CCCCC)CC1. The smallest absolute Gasteiger partial charge is 0.0701 e. The first kappa shape index (κ1) is 37.8. The van der Waals surface area contributed by atoms with E-state index in [1.54, 1.807) is 0 Å². The van der Waals surface area contributed by atoms with Crippen LogP contribution in [0.5, 0.6) is 0 Å². The quantitative estimate of drug-likeness (QED) is 0.0926. The zero-order valence-corrected chi connectivity index (χ0v) is 27.6. The zero-order chi connectivity index (χ0) is 28.9. The van der Waals surface area contributed by atoms with Gasteiger partial charge in [0, 0.05) is 45.3 Å². The third kappa shape index (κ3) is 21.5. The highest BCUT2D eigenvalue weighted by Crippen LogP contribution is 2.19. The van der Waals surface area contributed by atoms with Gasteiger partial charge < -0.3 is 19.5 Å². The fraction of sp³-hybridized carbons (Fsp3) is 1.00. The minimum atomic E-state index is 0.652. The lowest BCUT2D eigenvalue weighted by Gasteiger charge is -2.39. The summed E-state index contributed by atoms with van der Waals surface area (Å²) in [5.74, 6) is 0.827. The Balaban J connectivity index is 1.95. The first-order valence-electron chi connectivity index (χ1n) is 17.6. The van der Waals surface area contributed by atoms with Crippen molar-refractivity contribution >= 4 is 0 Å². The van der Waals surface area contributed by atoms with Crippen molar-refractivity contribution in [3.63, 3.8) is 0 Å². The highest BCUT2D eigenvalue weighted by atomic mass is 16.5. The lowest BCUT2D eigenvalue weighted by molar-refractivity contribution is 0.00658. The van der Waals surface area contributed by atoms with E-state index in [1.807, 2.05) is 0 Å². The van der Waals surface area contributed by atoms with Gasteiger partial charge in [-0.3, -0.25) is 9.80 Å². The summed E-state index contributed by atoms with van der Waals surface area (Å²) in [5, 5.41) is 3.62. The summed E-state index contributed by atoms with van der Waals surface area (Å²) in [7, 11) is 0. The van der Waals surface area contributed by atoms with E-state index in [0.717, 1.165) is 44.8 Å². The number of hydrogen-bond acceptors (Lipinski definition) is 6. The van der Waals surface area contributed by atoms with Gasteiger partial charge in [-0.2, -0.15) is 0 Å². The normalized spacial score (nSPS) is 16.5. The molecule has 1 aliphatic heterocycles. The van der Waals surface area contributed by atoms with Crippen molar-refractivity contribution < 1.29 is 14.2 Å². The predicted octanol–water partition coefficient (Wildman–Crippen LogP) is 7.16. The first-order valence-corrected chi connectivity index (χ1v) is 17.6. The Morgan fingerprint density at radius 3 is 1.75 bits per heavy atom. The molecule has 1 fully saturated rings. The van der Waals surface area contributed by atoms with Gasteiger partial charge in [-0.25, -0.2) is 0 Å². The Labute approximate surface area is 250 Å². The topological polar surface area (TPSA) is 46.2 Å². The van der Waals surface area contributed by atoms with Gasteiger partial charge in [0.15, 0.2) is 0 Å². The van der Waals surface area contributed by atoms with E-state index >= 15 is 0 Å². The van der Waals surface area contributed by atoms with Gasteiger partial charge in [-0.1, -0.05) is 98.3 Å². The fourth-order valence-electron chi connectivity index (χ4n) is 5.82. The number of piperazine rings is 1. The molecule has 0 aromatic carbocycles. The highest BCUT2D eigenvalue weighted by molar-refractivity contribution is 4.79. The number of nitrogens with zero attached hydrogens (tertiary/aromatic N) is 2. The van der Waals surface area contributed by atoms with Crippen molar-refractivity contribution in [3.8, 4) is 0 Å². The maximum atomic E-state index is 5.85. The molecule has 1 saturated heterocycles. The van der Waals surface area contributed by atoms with Crippen LogP contribution >= 0.6 is 0 Å². The second-order valence-electron chi connectivity index (χ2n) is 12.1. The number of rotatable bonds is 30. The largest absolute Gasteiger partial charge is 0.378 e. The fourth-order valence-corrected chi connectivity index (χ4v) is 5.82. The molecule has 1 rings (SSSR count). The van der Waals surface area contributed by atoms with E-state index in [2.05, 4.69) is 42.8 Å². The first-order chi connectivity index (χ1) is 19.7. The Bertz CT molecular complexity index is 503. The van der Waals surface area contributed by atoms with Crippen LogP contribution in [0, 0.1) is 5.92 Å². The Morgan fingerprint density at radius 1 is 0.550 bits per heavy atom. The number of nitrogens with one attached hydrogen (secondary N) is 1. The lowest BCUT2D eigenvalue weighted by atomic mass is 9.95. The average Bonchev–Trinajstić information content (AvgIpc) is 2.98. The van der Waals surface area contributed by atoms with Gasteiger partial charge in [-0.15, -0.1) is 0 Å². The minimum absolute atomic E-state index is 0.652. The molecule has 0 amide bonds. The molecule has 0 aromatic heterocycles. The molecule has 2 atom stereocenters. The molecule has 0 bridgehead atoms. The van der Waals surface area contributed by atoms with Crippen LogP contribution in [0.3, 0.4) is 0 Å². The third-order valence-corrected chi connectivity index (χ3v) is 8.54. The summed E-state index contributed by atoms with van der Waals surface area (Å²) >= 11 is 0. The van der Waals surface area contributed by atoms with Crippen molar-refractivity contribution in [1.82, 2.24) is 15.1 Å². The molecular weight excluding hydrogens is 498 g/mol. The van der Waals surface area contributed by atoms with Crippen LogP contribution in [0.25, 0.3) is 0 Å². The van der Waals surface area contributed by atoms with Crippen LogP contribution in [0.15, 0.2) is 0 Å². The summed E-state index contributed by atoms with van der Waals surface area (Å²) in [6, 6.07) is 0.801. The average molecular weight is 570 g/mol. The molecule has 0 spiro atoms. The Hall–Kier alpha value is -0.240. The number of unbranched alkanes of at least 4 members (excludes halogenated alkanes) is 7. The van der Waals surface area contributed by atoms with Crippen LogP contribution in [-0.2, 0) is 14.2 Å². The van der Waals surface area contributed by atoms with Crippen LogP contribution in [-0.4, -0.2) is 101 Å². The van der Waals surface area contributed by atoms with E-state index < -0.39 is 0 Å². The summed E-state index contributed by atoms with van der Waals surface area (Å²) < 4.78 is 17.3. The monoisotopic (exact) mass is 570 g/mol. The maximum Gasteiger partial charge on any atom is 0.0701 e. The number of ether oxygens (including phenoxy) is 3. The zero-order valence-electron chi connectivity index (χ0n) is 27.6. The molecule has 1 aliphatic rings. The van der Waals surface area contributed by atoms with Crippen molar-refractivity contribution in [3.05, 3.63) is 0 Å². The molecule has 40 heavy (non-hydrogen) atoms. The Morgan fingerprint density at radius 2 is 1.07 bits per heavy atom. The summed E-state index contributed by atoms with van der Waals surface area (Å²) in [4.78, 5) is 5.34. The molecule has 1 N–H and O–H groups in total. The molecule has 0 aromatic rings. The van der Waals surface area contributed by atoms with Crippen molar-refractivity contribution in [2.24, 2.45) is 5.92 Å². The van der Waals surface area contributed by atoms with Gasteiger partial charge in [0.05, 0.1) is 39.6 Å². The van der Waals surface area contributed by atoms with Crippen molar-refractivity contribution in [1.29, 1.82) is 0 Å². The van der Waals surface area contributed by atoms with E-state index in [-0.39, 0.29) is 0 Å². The number of hydrogen-bond donors (Lipinski definition) is 1. The van der Waals surface area contributed by atoms with Gasteiger partial charge in [0.1, 0.15) is 0 Å². The highest BCUT2D eigenvalue weighted by Gasteiger charge is 2.23. The molecule has 0 aliphatic carbocycles. The molecule has 6 nitrogen and oxygen atoms in total. The van der Waals surface area contributed by atoms with Gasteiger partial charge in [0.25, 0.3) is 0 Å². The summed E-state index contributed by atoms with van der Waals surface area (Å²) in [5.41, 5.74) is 0. The second-order valence-corrected chi connectivity index (χ2v) is 12.1. The molecule has 0 radical (unpaired) electrons. The van der Waals surface area contributed by atoms with Crippen LogP contribution < -0.4 is 5.32 Å². The van der Waals surface area contributed by atoms with E-state index in [4.69, 9.17) is 14.2 Å². The van der Waals surface area contributed by atoms with Gasteiger partial charge in [0.2, 0.25) is 0 Å². The molecule has 0 saturated carbocycles. The van der Waals surface area contributed by atoms with Gasteiger partial charge in [-0.05, 0) is 38.1 Å². The van der Waals surface area contributed by atoms with Crippen LogP contribution in [0.2, 0.25) is 0 Å². The van der Waals surface area contributed by atoms with Crippen LogP contribution in [0.4, 0.5) is 0 Å². The van der Waals surface area contributed by atoms with E-state index in [1.165, 1.54) is 122 Å². The molecule has 240 valence electrons. The van der Waals surface area contributed by atoms with Crippen molar-refractivity contribution in [2.45, 2.75) is 130 Å². The second kappa shape index (κ2) is 28.9. The summed E-state index contributed by atoms with van der Waals surface area (Å²) in [6.45, 7) is 21.3. The van der Waals surface area contributed by atoms with Gasteiger partial charge >= 0.3 is 0 Å². The molecule has 2 unspecified atom stereocenters. The minimum Gasteiger partial charge on any atom is -0.378 e. The molecular formula is C34H71N3O3. The molecule has 1 heterocycles. The van der Waals surface area contributed by atoms with E-state index in [9.17, 15) is 0 Å². The standard InChI is InChI=1S/C34H71N3O3/c1-5-9-13-15-17-33(16-11-7-3)32-35-20-26-38-28-30-40-31-29-39-27-25-36-21-23-37(24-22-36)34(18-12-8-4)19-14-10-6-2/h33-35H,5-32H2,1-4H3. The predicted molar refractivity (Wildman–Crippen MR) is 173 cm³/mol. The third-order valence-electron chi connectivity index (χ3n) is 8.54. The van der Waals surface area contributed by atoms with E-state index in [0.29, 0.717) is 26.4 Å². The Kier molecular flexibility index (Phi) is 27.3. The molecule has 6 heteroatoms. The van der Waals surface area contributed by atoms with Crippen LogP contribution in [0.1, 0.15) is 124 Å².